The molecule has 2 unspecified atom stereocenters. The maximum Gasteiger partial charge on any atom is 0.0718 e. The van der Waals surface area contributed by atoms with Crippen LogP contribution < -0.4 is 11.3 Å². The van der Waals surface area contributed by atoms with E-state index in [4.69, 9.17) is 5.84 Å². The summed E-state index contributed by atoms with van der Waals surface area (Å²) in [5.74, 6) is 7.30. The van der Waals surface area contributed by atoms with Crippen LogP contribution >= 0.6 is 27.7 Å². The van der Waals surface area contributed by atoms with Crippen LogP contribution in [0.25, 0.3) is 0 Å². The van der Waals surface area contributed by atoms with E-state index >= 15 is 0 Å². The lowest BCUT2D eigenvalue weighted by atomic mass is 9.91. The Morgan fingerprint density at radius 2 is 2.19 bits per heavy atom. The largest absolute Gasteiger partial charge is 0.271 e. The minimum absolute atomic E-state index is 0.0421. The van der Waals surface area contributed by atoms with Gasteiger partial charge in [-0.3, -0.25) is 16.0 Å². The van der Waals surface area contributed by atoms with Crippen LogP contribution in [0.2, 0.25) is 0 Å². The summed E-state index contributed by atoms with van der Waals surface area (Å²) in [5.41, 5.74) is 5.51. The smallest absolute Gasteiger partial charge is 0.0718 e. The molecule has 1 aliphatic heterocycles. The fraction of sp³-hybridized carbons (Fsp3) is 0.400. The van der Waals surface area contributed by atoms with Crippen molar-refractivity contribution in [3.63, 3.8) is 0 Å². The van der Waals surface area contributed by atoms with Gasteiger partial charge in [-0.2, -0.15) is 5.10 Å². The monoisotopic (exact) mass is 366 g/mol. The predicted octanol–water partition coefficient (Wildman–Crippen LogP) is 3.62. The number of nitrogens with zero attached hydrogens (tertiary/aromatic N) is 2. The number of nitrogens with two attached hydrogens (primary N) is 1. The Hall–Kier alpha value is -0.820. The van der Waals surface area contributed by atoms with E-state index < -0.39 is 0 Å². The molecule has 6 heteroatoms. The molecule has 112 valence electrons. The summed E-state index contributed by atoms with van der Waals surface area (Å²) < 4.78 is 3.05. The van der Waals surface area contributed by atoms with E-state index in [1.54, 1.807) is 0 Å². The SMILES string of the molecule is CC(C)n1ncc(Br)c1C(NN)C1CSc2ccccc21. The Balaban J connectivity index is 2.03. The summed E-state index contributed by atoms with van der Waals surface area (Å²) in [5, 5.41) is 4.48. The molecule has 21 heavy (non-hydrogen) atoms. The van der Waals surface area contributed by atoms with E-state index in [1.807, 2.05) is 22.6 Å². The van der Waals surface area contributed by atoms with Crippen LogP contribution in [0, 0.1) is 0 Å². The molecular weight excluding hydrogens is 348 g/mol. The average molecular weight is 367 g/mol. The highest BCUT2D eigenvalue weighted by Crippen LogP contribution is 2.46. The van der Waals surface area contributed by atoms with Gasteiger partial charge in [-0.25, -0.2) is 0 Å². The number of hydrazine groups is 1. The molecule has 3 rings (SSSR count). The molecule has 2 atom stereocenters. The summed E-state index contributed by atoms with van der Waals surface area (Å²) >= 11 is 5.52. The fourth-order valence-electron chi connectivity index (χ4n) is 2.90. The zero-order valence-corrected chi connectivity index (χ0v) is 14.5. The molecular formula is C15H19BrN4S. The zero-order valence-electron chi connectivity index (χ0n) is 12.1. The second-order valence-electron chi connectivity index (χ2n) is 5.52. The first-order valence-corrected chi connectivity index (χ1v) is 8.82. The van der Waals surface area contributed by atoms with Crippen LogP contribution in [0.5, 0.6) is 0 Å². The highest BCUT2D eigenvalue weighted by Gasteiger charge is 2.34. The van der Waals surface area contributed by atoms with Gasteiger partial charge < -0.3 is 0 Å². The van der Waals surface area contributed by atoms with Crippen LogP contribution in [0.4, 0.5) is 0 Å². The number of thioether (sulfide) groups is 1. The van der Waals surface area contributed by atoms with Crippen LogP contribution in [0.3, 0.4) is 0 Å². The number of rotatable bonds is 4. The summed E-state index contributed by atoms with van der Waals surface area (Å²) in [6.07, 6.45) is 1.85. The van der Waals surface area contributed by atoms with Crippen molar-refractivity contribution in [2.24, 2.45) is 5.84 Å². The van der Waals surface area contributed by atoms with E-state index in [2.05, 4.69) is 64.6 Å². The van der Waals surface area contributed by atoms with Crippen molar-refractivity contribution in [2.75, 3.05) is 5.75 Å². The van der Waals surface area contributed by atoms with Crippen LogP contribution in [-0.4, -0.2) is 15.5 Å². The van der Waals surface area contributed by atoms with Crippen molar-refractivity contribution < 1.29 is 0 Å². The van der Waals surface area contributed by atoms with Crippen molar-refractivity contribution in [1.29, 1.82) is 0 Å². The lowest BCUT2D eigenvalue weighted by Gasteiger charge is -2.26. The van der Waals surface area contributed by atoms with Crippen molar-refractivity contribution in [3.05, 3.63) is 46.2 Å². The first-order valence-electron chi connectivity index (χ1n) is 7.04. The Bertz CT molecular complexity index is 640. The number of nitrogens with one attached hydrogen (secondary N) is 1. The lowest BCUT2D eigenvalue weighted by molar-refractivity contribution is 0.415. The minimum Gasteiger partial charge on any atom is -0.271 e. The first kappa shape index (κ1) is 15.1. The van der Waals surface area contributed by atoms with Gasteiger partial charge in [0, 0.05) is 22.6 Å². The van der Waals surface area contributed by atoms with E-state index in [-0.39, 0.29) is 6.04 Å². The van der Waals surface area contributed by atoms with Gasteiger partial charge in [-0.1, -0.05) is 18.2 Å². The molecule has 1 aliphatic rings. The Labute approximate surface area is 137 Å². The van der Waals surface area contributed by atoms with Crippen molar-refractivity contribution >= 4 is 27.7 Å². The lowest BCUT2D eigenvalue weighted by Crippen LogP contribution is -2.35. The quantitative estimate of drug-likeness (QED) is 0.640. The number of fused-ring (bicyclic) bond motifs is 1. The minimum atomic E-state index is 0.0421. The van der Waals surface area contributed by atoms with Crippen molar-refractivity contribution in [3.8, 4) is 0 Å². The number of hydrogen-bond acceptors (Lipinski definition) is 4. The standard InChI is InChI=1S/C15H19BrN4S/c1-9(2)20-15(12(16)7-18-20)14(19-17)11-8-21-13-6-4-3-5-10(11)13/h3-7,9,11,14,19H,8,17H2,1-2H3. The van der Waals surface area contributed by atoms with Crippen LogP contribution in [-0.2, 0) is 0 Å². The molecule has 4 nitrogen and oxygen atoms in total. The molecule has 0 bridgehead atoms. The van der Waals surface area contributed by atoms with Gasteiger partial charge in [0.25, 0.3) is 0 Å². The third-order valence-electron chi connectivity index (χ3n) is 3.89. The van der Waals surface area contributed by atoms with Gasteiger partial charge >= 0.3 is 0 Å². The summed E-state index contributed by atoms with van der Waals surface area (Å²) in [6.45, 7) is 4.27. The Kier molecular flexibility index (Phi) is 4.40. The van der Waals surface area contributed by atoms with Gasteiger partial charge in [-0.05, 0) is 41.4 Å². The van der Waals surface area contributed by atoms with Gasteiger partial charge in [0.15, 0.2) is 0 Å². The Morgan fingerprint density at radius 3 is 2.90 bits per heavy atom. The normalized spacial score (nSPS) is 19.0. The molecule has 2 aromatic rings. The predicted molar refractivity (Wildman–Crippen MR) is 90.3 cm³/mol. The van der Waals surface area contributed by atoms with E-state index in [0.717, 1.165) is 15.9 Å². The molecule has 0 saturated carbocycles. The first-order chi connectivity index (χ1) is 10.1. The van der Waals surface area contributed by atoms with Crippen LogP contribution in [0.1, 0.15) is 43.1 Å². The molecule has 0 fully saturated rings. The van der Waals surface area contributed by atoms with Crippen molar-refractivity contribution in [1.82, 2.24) is 15.2 Å². The molecule has 0 spiro atoms. The third-order valence-corrected chi connectivity index (χ3v) is 5.71. The number of benzene rings is 1. The topological polar surface area (TPSA) is 55.9 Å². The van der Waals surface area contributed by atoms with Gasteiger partial charge in [0.05, 0.1) is 22.4 Å². The molecule has 0 saturated heterocycles. The maximum atomic E-state index is 5.92. The summed E-state index contributed by atoms with van der Waals surface area (Å²) in [4.78, 5) is 1.36. The maximum absolute atomic E-state index is 5.92. The van der Waals surface area contributed by atoms with E-state index in [9.17, 15) is 0 Å². The Morgan fingerprint density at radius 1 is 1.43 bits per heavy atom. The summed E-state index contributed by atoms with van der Waals surface area (Å²) in [6, 6.07) is 8.91. The molecule has 1 aromatic carbocycles. The van der Waals surface area contributed by atoms with Gasteiger partial charge in [-0.15, -0.1) is 11.8 Å². The number of hydrogen-bond donors (Lipinski definition) is 2. The number of halogens is 1. The van der Waals surface area contributed by atoms with Crippen LogP contribution in [0.15, 0.2) is 39.8 Å². The van der Waals surface area contributed by atoms with Gasteiger partial charge in [0.1, 0.15) is 0 Å². The summed E-state index contributed by atoms with van der Waals surface area (Å²) in [7, 11) is 0. The average Bonchev–Trinajstić information content (AvgIpc) is 3.06. The van der Waals surface area contributed by atoms with E-state index in [0.29, 0.717) is 12.0 Å². The molecule has 1 aromatic heterocycles. The molecule has 0 amide bonds. The number of aromatic nitrogens is 2. The molecule has 3 N–H and O–H groups in total. The second-order valence-corrected chi connectivity index (χ2v) is 7.43. The fourth-order valence-corrected chi connectivity index (χ4v) is 4.71. The van der Waals surface area contributed by atoms with E-state index in [1.165, 1.54) is 10.5 Å². The van der Waals surface area contributed by atoms with Gasteiger partial charge in [0.2, 0.25) is 0 Å². The van der Waals surface area contributed by atoms with Crippen molar-refractivity contribution in [2.45, 2.75) is 36.7 Å². The highest BCUT2D eigenvalue weighted by atomic mass is 79.9. The molecule has 2 heterocycles. The molecule has 0 radical (unpaired) electrons. The molecule has 0 aliphatic carbocycles. The zero-order chi connectivity index (χ0) is 15.0. The second kappa shape index (κ2) is 6.12. The highest BCUT2D eigenvalue weighted by molar-refractivity contribution is 9.10. The third kappa shape index (κ3) is 2.65.